The lowest BCUT2D eigenvalue weighted by molar-refractivity contribution is 0.0653. The van der Waals surface area contributed by atoms with E-state index in [1.54, 1.807) is 11.6 Å². The van der Waals surface area contributed by atoms with Crippen LogP contribution in [-0.4, -0.2) is 51.4 Å². The van der Waals surface area contributed by atoms with Gasteiger partial charge in [-0.05, 0) is 19.3 Å². The summed E-state index contributed by atoms with van der Waals surface area (Å²) in [5.41, 5.74) is 0. The summed E-state index contributed by atoms with van der Waals surface area (Å²) >= 11 is 0. The third kappa shape index (κ3) is 3.75. The third-order valence-corrected chi connectivity index (χ3v) is 3.45. The van der Waals surface area contributed by atoms with Crippen molar-refractivity contribution in [2.45, 2.75) is 46.4 Å². The fraction of sp³-hybridized carbons (Fsp3) is 0.714. The van der Waals surface area contributed by atoms with Gasteiger partial charge in [-0.1, -0.05) is 13.8 Å². The van der Waals surface area contributed by atoms with Gasteiger partial charge in [-0.25, -0.2) is 4.79 Å². The average molecular weight is 309 g/mol. The molecular weight excluding hydrogens is 286 g/mol. The van der Waals surface area contributed by atoms with Crippen LogP contribution in [0, 0.1) is 5.92 Å². The van der Waals surface area contributed by atoms with E-state index in [2.05, 4.69) is 29.4 Å². The van der Waals surface area contributed by atoms with Gasteiger partial charge < -0.3 is 19.5 Å². The highest BCUT2D eigenvalue weighted by Gasteiger charge is 2.24. The zero-order chi connectivity index (χ0) is 16.3. The van der Waals surface area contributed by atoms with Gasteiger partial charge in [0.25, 0.3) is 5.91 Å². The molecule has 0 saturated carbocycles. The Balaban J connectivity index is 1.96. The Morgan fingerprint density at radius 3 is 2.82 bits per heavy atom. The lowest BCUT2D eigenvalue weighted by Crippen LogP contribution is -2.37. The highest BCUT2D eigenvalue weighted by molar-refractivity contribution is 5.91. The first-order chi connectivity index (χ1) is 10.4. The molecule has 0 spiro atoms. The van der Waals surface area contributed by atoms with Gasteiger partial charge in [-0.2, -0.15) is 0 Å². The number of hydrogen-bond acceptors (Lipinski definition) is 5. The average Bonchev–Trinajstić information content (AvgIpc) is 2.82. The van der Waals surface area contributed by atoms with E-state index >= 15 is 0 Å². The molecule has 0 unspecified atom stereocenters. The zero-order valence-corrected chi connectivity index (χ0v) is 13.5. The van der Waals surface area contributed by atoms with Gasteiger partial charge in [0, 0.05) is 20.1 Å². The lowest BCUT2D eigenvalue weighted by Gasteiger charge is -2.22. The summed E-state index contributed by atoms with van der Waals surface area (Å²) in [5.74, 6) is 1.10. The van der Waals surface area contributed by atoms with Crippen LogP contribution in [0.3, 0.4) is 0 Å². The van der Waals surface area contributed by atoms with E-state index in [9.17, 15) is 9.59 Å². The molecule has 22 heavy (non-hydrogen) atoms. The number of nitrogens with one attached hydrogen (secondary N) is 1. The molecule has 1 aromatic heterocycles. The fourth-order valence-corrected chi connectivity index (χ4v) is 2.47. The maximum absolute atomic E-state index is 12.1. The third-order valence-electron chi connectivity index (χ3n) is 3.45. The van der Waals surface area contributed by atoms with Crippen molar-refractivity contribution in [1.29, 1.82) is 0 Å². The minimum absolute atomic E-state index is 0.131. The van der Waals surface area contributed by atoms with Crippen LogP contribution in [-0.2, 0) is 17.8 Å². The van der Waals surface area contributed by atoms with Gasteiger partial charge in [0.15, 0.2) is 5.82 Å². The monoisotopic (exact) mass is 309 g/mol. The molecule has 2 amide bonds. The van der Waals surface area contributed by atoms with Crippen LogP contribution in [0.25, 0.3) is 0 Å². The van der Waals surface area contributed by atoms with Crippen molar-refractivity contribution in [3.8, 4) is 0 Å². The molecule has 8 heteroatoms. The molecule has 1 aliphatic heterocycles. The molecule has 8 nitrogen and oxygen atoms in total. The Hall–Kier alpha value is -2.12. The fourth-order valence-electron chi connectivity index (χ4n) is 2.47. The summed E-state index contributed by atoms with van der Waals surface area (Å²) in [6.07, 6.45) is 0.291. The van der Waals surface area contributed by atoms with Gasteiger partial charge in [-0.3, -0.25) is 4.79 Å². The Kier molecular flexibility index (Phi) is 4.99. The van der Waals surface area contributed by atoms with Crippen LogP contribution in [0.5, 0.6) is 0 Å². The molecule has 122 valence electrons. The first-order valence-electron chi connectivity index (χ1n) is 7.50. The molecule has 1 aromatic rings. The highest BCUT2D eigenvalue weighted by atomic mass is 16.6. The van der Waals surface area contributed by atoms with E-state index in [1.165, 1.54) is 4.90 Å². The minimum atomic E-state index is -0.397. The van der Waals surface area contributed by atoms with Crippen LogP contribution in [0.2, 0.25) is 0 Å². The van der Waals surface area contributed by atoms with Crippen LogP contribution in [0.1, 0.15) is 43.6 Å². The SMILES string of the molecule is CC(C)C[C@H](C)OC(=O)N(C)Cc1nnc2n1CCNC2=O. The number of rotatable bonds is 5. The molecule has 0 aromatic carbocycles. The van der Waals surface area contributed by atoms with Crippen molar-refractivity contribution in [2.75, 3.05) is 13.6 Å². The Labute approximate surface area is 129 Å². The number of amides is 2. The molecule has 2 rings (SSSR count). The topological polar surface area (TPSA) is 89.3 Å². The van der Waals surface area contributed by atoms with Crippen molar-refractivity contribution < 1.29 is 14.3 Å². The van der Waals surface area contributed by atoms with Gasteiger partial charge in [0.05, 0.1) is 6.54 Å². The van der Waals surface area contributed by atoms with Crippen LogP contribution in [0.4, 0.5) is 4.79 Å². The standard InChI is InChI=1S/C14H23N5O3/c1-9(2)7-10(3)22-14(21)18(4)8-11-16-17-12-13(20)15-5-6-19(11)12/h9-10H,5-8H2,1-4H3,(H,15,20)/t10-/m0/s1. The quantitative estimate of drug-likeness (QED) is 0.877. The first-order valence-corrected chi connectivity index (χ1v) is 7.50. The largest absolute Gasteiger partial charge is 0.446 e. The van der Waals surface area contributed by atoms with Crippen molar-refractivity contribution in [2.24, 2.45) is 5.92 Å². The number of fused-ring (bicyclic) bond motifs is 1. The van der Waals surface area contributed by atoms with Crippen molar-refractivity contribution in [3.63, 3.8) is 0 Å². The molecule has 0 aliphatic carbocycles. The second kappa shape index (κ2) is 6.76. The maximum atomic E-state index is 12.1. The van der Waals surface area contributed by atoms with E-state index in [0.29, 0.717) is 24.8 Å². The predicted octanol–water partition coefficient (Wildman–Crippen LogP) is 1.02. The van der Waals surface area contributed by atoms with E-state index in [-0.39, 0.29) is 24.4 Å². The Bertz CT molecular complexity index is 555. The Morgan fingerprint density at radius 2 is 2.14 bits per heavy atom. The molecule has 0 radical (unpaired) electrons. The highest BCUT2D eigenvalue weighted by Crippen LogP contribution is 2.11. The summed E-state index contributed by atoms with van der Waals surface area (Å²) < 4.78 is 7.12. The number of aromatic nitrogens is 3. The molecular formula is C14H23N5O3. The summed E-state index contributed by atoms with van der Waals surface area (Å²) in [6.45, 7) is 7.46. The van der Waals surface area contributed by atoms with Crippen LogP contribution in [0.15, 0.2) is 0 Å². The van der Waals surface area contributed by atoms with Gasteiger partial charge >= 0.3 is 6.09 Å². The van der Waals surface area contributed by atoms with E-state index in [4.69, 9.17) is 4.74 Å². The molecule has 0 fully saturated rings. The first kappa shape index (κ1) is 16.3. The molecule has 1 atom stereocenters. The van der Waals surface area contributed by atoms with Crippen molar-refractivity contribution >= 4 is 12.0 Å². The van der Waals surface area contributed by atoms with Crippen molar-refractivity contribution in [3.05, 3.63) is 11.6 Å². The Morgan fingerprint density at radius 1 is 1.41 bits per heavy atom. The normalized spacial score (nSPS) is 15.2. The second-order valence-electron chi connectivity index (χ2n) is 6.03. The summed E-state index contributed by atoms with van der Waals surface area (Å²) in [6, 6.07) is 0. The number of nitrogens with zero attached hydrogens (tertiary/aromatic N) is 4. The van der Waals surface area contributed by atoms with E-state index in [1.807, 2.05) is 6.92 Å². The maximum Gasteiger partial charge on any atom is 0.410 e. The smallest absolute Gasteiger partial charge is 0.410 e. The number of ether oxygens (including phenoxy) is 1. The van der Waals surface area contributed by atoms with E-state index in [0.717, 1.165) is 6.42 Å². The summed E-state index contributed by atoms with van der Waals surface area (Å²) in [5, 5.41) is 10.6. The summed E-state index contributed by atoms with van der Waals surface area (Å²) in [4.78, 5) is 25.1. The van der Waals surface area contributed by atoms with Crippen molar-refractivity contribution in [1.82, 2.24) is 25.0 Å². The molecule has 2 heterocycles. The number of carbonyl (C=O) groups is 2. The van der Waals surface area contributed by atoms with Crippen LogP contribution >= 0.6 is 0 Å². The zero-order valence-electron chi connectivity index (χ0n) is 13.5. The van der Waals surface area contributed by atoms with Gasteiger partial charge in [0.2, 0.25) is 5.82 Å². The minimum Gasteiger partial charge on any atom is -0.446 e. The summed E-state index contributed by atoms with van der Waals surface area (Å²) in [7, 11) is 1.65. The second-order valence-corrected chi connectivity index (χ2v) is 6.03. The molecule has 0 bridgehead atoms. The molecule has 1 N–H and O–H groups in total. The molecule has 0 saturated heterocycles. The van der Waals surface area contributed by atoms with Gasteiger partial charge in [0.1, 0.15) is 6.10 Å². The lowest BCUT2D eigenvalue weighted by atomic mass is 10.1. The number of carbonyl (C=O) groups excluding carboxylic acids is 2. The van der Waals surface area contributed by atoms with Crippen LogP contribution < -0.4 is 5.32 Å². The van der Waals surface area contributed by atoms with E-state index < -0.39 is 6.09 Å². The molecule has 1 aliphatic rings. The van der Waals surface area contributed by atoms with Gasteiger partial charge in [-0.15, -0.1) is 10.2 Å². The number of hydrogen-bond donors (Lipinski definition) is 1. The predicted molar refractivity (Wildman–Crippen MR) is 79.2 cm³/mol.